The second-order valence-corrected chi connectivity index (χ2v) is 2.48. The molecule has 0 saturated heterocycles. The summed E-state index contributed by atoms with van der Waals surface area (Å²) in [6.45, 7) is 1.58. The van der Waals surface area contributed by atoms with Gasteiger partial charge in [-0.3, -0.25) is 4.79 Å². The number of nitrogens with one attached hydrogen (secondary N) is 2. The van der Waals surface area contributed by atoms with Crippen molar-refractivity contribution in [3.05, 3.63) is 24.0 Å². The summed E-state index contributed by atoms with van der Waals surface area (Å²) in [5.41, 5.74) is 0.986. The SMILES string of the molecule is CNC(C(C)=O)c1cc[nH]c1. The molecule has 0 amide bonds. The van der Waals surface area contributed by atoms with Crippen LogP contribution in [0.5, 0.6) is 0 Å². The van der Waals surface area contributed by atoms with Gasteiger partial charge in [-0.1, -0.05) is 0 Å². The molecule has 1 aromatic rings. The second-order valence-electron chi connectivity index (χ2n) is 2.48. The number of aromatic nitrogens is 1. The van der Waals surface area contributed by atoms with Crippen LogP contribution < -0.4 is 5.32 Å². The number of likely N-dealkylation sites (N-methyl/N-ethyl adjacent to an activating group) is 1. The molecule has 0 fully saturated rings. The Morgan fingerprint density at radius 3 is 2.82 bits per heavy atom. The summed E-state index contributed by atoms with van der Waals surface area (Å²) in [7, 11) is 1.78. The number of carbonyl (C=O) groups is 1. The van der Waals surface area contributed by atoms with E-state index in [4.69, 9.17) is 0 Å². The highest BCUT2D eigenvalue weighted by atomic mass is 16.1. The first-order valence-corrected chi connectivity index (χ1v) is 3.56. The molecule has 60 valence electrons. The Balaban J connectivity index is 2.79. The molecule has 1 aromatic heterocycles. The first-order chi connectivity index (χ1) is 5.25. The number of hydrogen-bond donors (Lipinski definition) is 2. The van der Waals surface area contributed by atoms with Crippen molar-refractivity contribution in [3.63, 3.8) is 0 Å². The Kier molecular flexibility index (Phi) is 2.44. The topological polar surface area (TPSA) is 44.9 Å². The van der Waals surface area contributed by atoms with Gasteiger partial charge in [-0.15, -0.1) is 0 Å². The van der Waals surface area contributed by atoms with Gasteiger partial charge in [-0.25, -0.2) is 0 Å². The summed E-state index contributed by atoms with van der Waals surface area (Å²) >= 11 is 0. The number of rotatable bonds is 3. The molecule has 0 radical (unpaired) electrons. The summed E-state index contributed by atoms with van der Waals surface area (Å²) in [5.74, 6) is 0.132. The fourth-order valence-corrected chi connectivity index (χ4v) is 1.12. The van der Waals surface area contributed by atoms with Gasteiger partial charge in [-0.05, 0) is 25.6 Å². The van der Waals surface area contributed by atoms with Gasteiger partial charge in [0.15, 0.2) is 5.78 Å². The molecule has 0 saturated carbocycles. The zero-order chi connectivity index (χ0) is 8.27. The largest absolute Gasteiger partial charge is 0.367 e. The van der Waals surface area contributed by atoms with Crippen LogP contribution in [0.3, 0.4) is 0 Å². The number of aromatic amines is 1. The van der Waals surface area contributed by atoms with Crippen molar-refractivity contribution in [2.45, 2.75) is 13.0 Å². The van der Waals surface area contributed by atoms with Crippen LogP contribution in [-0.4, -0.2) is 17.8 Å². The van der Waals surface area contributed by atoms with E-state index in [1.165, 1.54) is 0 Å². The fourth-order valence-electron chi connectivity index (χ4n) is 1.12. The van der Waals surface area contributed by atoms with E-state index in [0.717, 1.165) is 5.56 Å². The van der Waals surface area contributed by atoms with Gasteiger partial charge in [-0.2, -0.15) is 0 Å². The standard InChI is InChI=1S/C8H12N2O/c1-6(11)8(9-2)7-3-4-10-5-7/h3-5,8-10H,1-2H3. The predicted octanol–water partition coefficient (Wildman–Crippen LogP) is 0.864. The van der Waals surface area contributed by atoms with E-state index < -0.39 is 0 Å². The molecular weight excluding hydrogens is 140 g/mol. The van der Waals surface area contributed by atoms with Gasteiger partial charge in [0.2, 0.25) is 0 Å². The summed E-state index contributed by atoms with van der Waals surface area (Å²) in [6.07, 6.45) is 3.63. The van der Waals surface area contributed by atoms with Crippen LogP contribution in [0.1, 0.15) is 18.5 Å². The highest BCUT2D eigenvalue weighted by molar-refractivity contribution is 5.82. The van der Waals surface area contributed by atoms with Crippen molar-refractivity contribution < 1.29 is 4.79 Å². The van der Waals surface area contributed by atoms with Gasteiger partial charge in [0, 0.05) is 12.4 Å². The predicted molar refractivity (Wildman–Crippen MR) is 43.3 cm³/mol. The third-order valence-electron chi connectivity index (χ3n) is 1.65. The first-order valence-electron chi connectivity index (χ1n) is 3.56. The van der Waals surface area contributed by atoms with Crippen molar-refractivity contribution in [2.75, 3.05) is 7.05 Å². The smallest absolute Gasteiger partial charge is 0.151 e. The molecule has 1 heterocycles. The van der Waals surface area contributed by atoms with Crippen LogP contribution in [0.2, 0.25) is 0 Å². The summed E-state index contributed by atoms with van der Waals surface area (Å²) in [4.78, 5) is 13.9. The highest BCUT2D eigenvalue weighted by Gasteiger charge is 2.13. The van der Waals surface area contributed by atoms with E-state index in [9.17, 15) is 4.79 Å². The minimum Gasteiger partial charge on any atom is -0.367 e. The molecule has 0 aliphatic carbocycles. The number of ketones is 1. The number of hydrogen-bond acceptors (Lipinski definition) is 2. The van der Waals surface area contributed by atoms with Gasteiger partial charge in [0.05, 0.1) is 6.04 Å². The normalized spacial score (nSPS) is 12.9. The van der Waals surface area contributed by atoms with Crippen molar-refractivity contribution in [2.24, 2.45) is 0 Å². The zero-order valence-corrected chi connectivity index (χ0v) is 6.72. The first kappa shape index (κ1) is 8.01. The molecule has 0 aliphatic heterocycles. The summed E-state index contributed by atoms with van der Waals surface area (Å²) in [6, 6.07) is 1.73. The molecule has 1 unspecified atom stereocenters. The van der Waals surface area contributed by atoms with E-state index in [1.54, 1.807) is 14.0 Å². The lowest BCUT2D eigenvalue weighted by Gasteiger charge is -2.09. The summed E-state index contributed by atoms with van der Waals surface area (Å²) in [5, 5.41) is 2.93. The lowest BCUT2D eigenvalue weighted by molar-refractivity contribution is -0.119. The van der Waals surface area contributed by atoms with E-state index in [0.29, 0.717) is 0 Å². The number of carbonyl (C=O) groups excluding carboxylic acids is 1. The summed E-state index contributed by atoms with van der Waals surface area (Å²) < 4.78 is 0. The molecule has 0 aliphatic rings. The Hall–Kier alpha value is -1.09. The van der Waals surface area contributed by atoms with E-state index in [1.807, 2.05) is 18.5 Å². The number of Topliss-reactive ketones (excluding diaryl/α,β-unsaturated/α-hetero) is 1. The van der Waals surface area contributed by atoms with Crippen molar-refractivity contribution in [3.8, 4) is 0 Å². The second kappa shape index (κ2) is 3.34. The molecule has 2 N–H and O–H groups in total. The quantitative estimate of drug-likeness (QED) is 0.674. The Bertz CT molecular complexity index is 228. The average Bonchev–Trinajstić information content (AvgIpc) is 2.40. The van der Waals surface area contributed by atoms with Crippen LogP contribution in [0.15, 0.2) is 18.5 Å². The van der Waals surface area contributed by atoms with Crippen LogP contribution in [-0.2, 0) is 4.79 Å². The maximum absolute atomic E-state index is 11.0. The maximum Gasteiger partial charge on any atom is 0.151 e. The molecule has 0 spiro atoms. The minimum atomic E-state index is -0.166. The van der Waals surface area contributed by atoms with E-state index >= 15 is 0 Å². The van der Waals surface area contributed by atoms with Crippen LogP contribution >= 0.6 is 0 Å². The van der Waals surface area contributed by atoms with Gasteiger partial charge in [0.1, 0.15) is 0 Å². The molecule has 3 nitrogen and oxygen atoms in total. The zero-order valence-electron chi connectivity index (χ0n) is 6.72. The minimum absolute atomic E-state index is 0.132. The van der Waals surface area contributed by atoms with Crippen LogP contribution in [0, 0.1) is 0 Å². The van der Waals surface area contributed by atoms with Gasteiger partial charge >= 0.3 is 0 Å². The third kappa shape index (κ3) is 1.68. The Morgan fingerprint density at radius 2 is 2.45 bits per heavy atom. The Morgan fingerprint density at radius 1 is 1.73 bits per heavy atom. The van der Waals surface area contributed by atoms with E-state index in [-0.39, 0.29) is 11.8 Å². The van der Waals surface area contributed by atoms with Crippen molar-refractivity contribution in [1.29, 1.82) is 0 Å². The highest BCUT2D eigenvalue weighted by Crippen LogP contribution is 2.11. The van der Waals surface area contributed by atoms with Crippen LogP contribution in [0.4, 0.5) is 0 Å². The van der Waals surface area contributed by atoms with Crippen LogP contribution in [0.25, 0.3) is 0 Å². The molecule has 3 heteroatoms. The van der Waals surface area contributed by atoms with E-state index in [2.05, 4.69) is 10.3 Å². The molecule has 0 aromatic carbocycles. The van der Waals surface area contributed by atoms with Gasteiger partial charge < -0.3 is 10.3 Å². The maximum atomic E-state index is 11.0. The fraction of sp³-hybridized carbons (Fsp3) is 0.375. The lowest BCUT2D eigenvalue weighted by Crippen LogP contribution is -2.22. The molecule has 0 bridgehead atoms. The van der Waals surface area contributed by atoms with Crippen molar-refractivity contribution >= 4 is 5.78 Å². The third-order valence-corrected chi connectivity index (χ3v) is 1.65. The monoisotopic (exact) mass is 152 g/mol. The number of H-pyrrole nitrogens is 1. The molecule has 1 rings (SSSR count). The lowest BCUT2D eigenvalue weighted by atomic mass is 10.1. The molecular formula is C8H12N2O. The molecule has 11 heavy (non-hydrogen) atoms. The van der Waals surface area contributed by atoms with Gasteiger partial charge in [0.25, 0.3) is 0 Å². The van der Waals surface area contributed by atoms with Crippen molar-refractivity contribution in [1.82, 2.24) is 10.3 Å². The molecule has 1 atom stereocenters. The average molecular weight is 152 g/mol. The Labute approximate surface area is 65.8 Å².